The van der Waals surface area contributed by atoms with Gasteiger partial charge in [0.05, 0.1) is 4.90 Å². The Morgan fingerprint density at radius 1 is 1.19 bits per heavy atom. The molecule has 0 unspecified atom stereocenters. The molecular weight excluding hydrogens is 244 g/mol. The zero-order chi connectivity index (χ0) is 12.0. The summed E-state index contributed by atoms with van der Waals surface area (Å²) in [6, 6.07) is 6.90. The maximum absolute atomic E-state index is 11.2. The summed E-state index contributed by atoms with van der Waals surface area (Å²) in [5, 5.41) is 8.61. The molecule has 5 heteroatoms. The van der Waals surface area contributed by atoms with E-state index in [0.717, 1.165) is 23.5 Å². The van der Waals surface area contributed by atoms with E-state index in [2.05, 4.69) is 0 Å². The average molecular weight is 260 g/mol. The van der Waals surface area contributed by atoms with E-state index in [0.29, 0.717) is 4.90 Å². The summed E-state index contributed by atoms with van der Waals surface area (Å²) < 4.78 is 22.4. The molecule has 1 N–H and O–H groups in total. The Morgan fingerprint density at radius 3 is 2.31 bits per heavy atom. The Morgan fingerprint density at radius 2 is 1.81 bits per heavy atom. The minimum atomic E-state index is -3.09. The van der Waals surface area contributed by atoms with E-state index in [1.54, 1.807) is 23.9 Å². The second-order valence-electron chi connectivity index (χ2n) is 3.52. The van der Waals surface area contributed by atoms with Crippen LogP contribution in [0.2, 0.25) is 0 Å². The lowest BCUT2D eigenvalue weighted by Gasteiger charge is -2.02. The number of rotatable bonds is 6. The van der Waals surface area contributed by atoms with Gasteiger partial charge in [-0.05, 0) is 42.9 Å². The number of aliphatic hydroxyl groups is 1. The molecule has 0 spiro atoms. The summed E-state index contributed by atoms with van der Waals surface area (Å²) in [5.74, 6) is 0.943. The zero-order valence-corrected chi connectivity index (χ0v) is 10.9. The monoisotopic (exact) mass is 260 g/mol. The van der Waals surface area contributed by atoms with Gasteiger partial charge in [-0.25, -0.2) is 8.42 Å². The summed E-state index contributed by atoms with van der Waals surface area (Å²) in [5.41, 5.74) is 0. The lowest BCUT2D eigenvalue weighted by molar-refractivity contribution is 0.287. The van der Waals surface area contributed by atoms with Crippen LogP contribution >= 0.6 is 11.8 Å². The van der Waals surface area contributed by atoms with E-state index >= 15 is 0 Å². The van der Waals surface area contributed by atoms with E-state index in [9.17, 15) is 8.42 Å². The highest BCUT2D eigenvalue weighted by Gasteiger charge is 2.05. The fourth-order valence-corrected chi connectivity index (χ4v) is 2.73. The molecule has 1 aromatic carbocycles. The standard InChI is InChI=1S/C11H16O3S2/c1-16(13,14)11-6-4-10(5-7-11)15-9-3-2-8-12/h4-7,12H,2-3,8-9H2,1H3. The predicted molar refractivity (Wildman–Crippen MR) is 66.6 cm³/mol. The molecule has 0 saturated carbocycles. The molecule has 1 aromatic rings. The third-order valence-electron chi connectivity index (χ3n) is 2.07. The summed E-state index contributed by atoms with van der Waals surface area (Å²) in [6.45, 7) is 0.230. The maximum atomic E-state index is 11.2. The SMILES string of the molecule is CS(=O)(=O)c1ccc(SCCCCO)cc1. The van der Waals surface area contributed by atoms with E-state index in [1.165, 1.54) is 6.26 Å². The second kappa shape index (κ2) is 6.27. The van der Waals surface area contributed by atoms with Crippen molar-refractivity contribution >= 4 is 21.6 Å². The van der Waals surface area contributed by atoms with Gasteiger partial charge in [-0.2, -0.15) is 0 Å². The summed E-state index contributed by atoms with van der Waals surface area (Å²) >= 11 is 1.67. The van der Waals surface area contributed by atoms with Gasteiger partial charge in [0.1, 0.15) is 0 Å². The van der Waals surface area contributed by atoms with Gasteiger partial charge >= 0.3 is 0 Å². The molecule has 0 aliphatic heterocycles. The average Bonchev–Trinajstić information content (AvgIpc) is 2.24. The summed E-state index contributed by atoms with van der Waals surface area (Å²) in [7, 11) is -3.09. The summed E-state index contributed by atoms with van der Waals surface area (Å²) in [4.78, 5) is 1.41. The van der Waals surface area contributed by atoms with Crippen LogP contribution in [0.25, 0.3) is 0 Å². The predicted octanol–water partition coefficient (Wildman–Crippen LogP) is 1.95. The topological polar surface area (TPSA) is 54.4 Å². The van der Waals surface area contributed by atoms with Gasteiger partial charge in [-0.15, -0.1) is 11.8 Å². The van der Waals surface area contributed by atoms with Gasteiger partial charge in [0, 0.05) is 17.8 Å². The van der Waals surface area contributed by atoms with Crippen LogP contribution in [0.5, 0.6) is 0 Å². The first-order valence-electron chi connectivity index (χ1n) is 5.08. The number of aliphatic hydroxyl groups excluding tert-OH is 1. The number of hydrogen-bond acceptors (Lipinski definition) is 4. The molecule has 0 fully saturated rings. The van der Waals surface area contributed by atoms with Crippen LogP contribution in [0.4, 0.5) is 0 Å². The highest BCUT2D eigenvalue weighted by molar-refractivity contribution is 7.99. The zero-order valence-electron chi connectivity index (χ0n) is 9.22. The second-order valence-corrected chi connectivity index (χ2v) is 6.71. The van der Waals surface area contributed by atoms with Crippen LogP contribution in [-0.4, -0.2) is 32.1 Å². The van der Waals surface area contributed by atoms with Crippen LogP contribution in [0, 0.1) is 0 Å². The van der Waals surface area contributed by atoms with Crippen molar-refractivity contribution in [1.82, 2.24) is 0 Å². The van der Waals surface area contributed by atoms with Crippen molar-refractivity contribution in [2.45, 2.75) is 22.6 Å². The molecular formula is C11H16O3S2. The molecule has 1 rings (SSSR count). The van der Waals surface area contributed by atoms with Crippen molar-refractivity contribution in [3.63, 3.8) is 0 Å². The number of hydrogen-bond donors (Lipinski definition) is 1. The molecule has 0 heterocycles. The van der Waals surface area contributed by atoms with Crippen molar-refractivity contribution in [2.24, 2.45) is 0 Å². The molecule has 0 saturated heterocycles. The Balaban J connectivity index is 2.52. The molecule has 0 aliphatic carbocycles. The number of thioether (sulfide) groups is 1. The van der Waals surface area contributed by atoms with Crippen LogP contribution < -0.4 is 0 Å². The maximum Gasteiger partial charge on any atom is 0.175 e. The van der Waals surface area contributed by atoms with Crippen molar-refractivity contribution in [3.05, 3.63) is 24.3 Å². The molecule has 0 amide bonds. The number of unbranched alkanes of at least 4 members (excludes halogenated alkanes) is 1. The van der Waals surface area contributed by atoms with Gasteiger partial charge < -0.3 is 5.11 Å². The smallest absolute Gasteiger partial charge is 0.175 e. The van der Waals surface area contributed by atoms with Crippen molar-refractivity contribution in [3.8, 4) is 0 Å². The lowest BCUT2D eigenvalue weighted by atomic mass is 10.4. The Kier molecular flexibility index (Phi) is 5.31. The Labute approximate surface area is 101 Å². The molecule has 0 bridgehead atoms. The van der Waals surface area contributed by atoms with Gasteiger partial charge in [0.25, 0.3) is 0 Å². The molecule has 0 atom stereocenters. The van der Waals surface area contributed by atoms with Crippen LogP contribution in [0.1, 0.15) is 12.8 Å². The fourth-order valence-electron chi connectivity index (χ4n) is 1.19. The minimum absolute atomic E-state index is 0.230. The summed E-state index contributed by atoms with van der Waals surface area (Å²) in [6.07, 6.45) is 2.99. The first kappa shape index (κ1) is 13.5. The highest BCUT2D eigenvalue weighted by atomic mass is 32.2. The van der Waals surface area contributed by atoms with Crippen molar-refractivity contribution < 1.29 is 13.5 Å². The van der Waals surface area contributed by atoms with E-state index in [-0.39, 0.29) is 6.61 Å². The van der Waals surface area contributed by atoms with Crippen LogP contribution in [0.3, 0.4) is 0 Å². The van der Waals surface area contributed by atoms with Gasteiger partial charge in [0.2, 0.25) is 0 Å². The normalized spacial score (nSPS) is 11.6. The van der Waals surface area contributed by atoms with Gasteiger partial charge in [-0.1, -0.05) is 0 Å². The largest absolute Gasteiger partial charge is 0.396 e. The Bertz CT molecular complexity index is 409. The van der Waals surface area contributed by atoms with E-state index < -0.39 is 9.84 Å². The first-order valence-corrected chi connectivity index (χ1v) is 7.95. The number of benzene rings is 1. The molecule has 0 aliphatic rings. The third kappa shape index (κ3) is 4.55. The van der Waals surface area contributed by atoms with Gasteiger partial charge in [-0.3, -0.25) is 0 Å². The third-order valence-corrected chi connectivity index (χ3v) is 4.30. The highest BCUT2D eigenvalue weighted by Crippen LogP contribution is 2.21. The number of sulfone groups is 1. The first-order chi connectivity index (χ1) is 7.54. The molecule has 90 valence electrons. The van der Waals surface area contributed by atoms with Crippen LogP contribution in [-0.2, 0) is 9.84 Å². The molecule has 3 nitrogen and oxygen atoms in total. The Hall–Kier alpha value is -0.520. The van der Waals surface area contributed by atoms with Crippen LogP contribution in [0.15, 0.2) is 34.1 Å². The lowest BCUT2D eigenvalue weighted by Crippen LogP contribution is -1.96. The van der Waals surface area contributed by atoms with E-state index in [1.807, 2.05) is 12.1 Å². The molecule has 16 heavy (non-hydrogen) atoms. The minimum Gasteiger partial charge on any atom is -0.396 e. The van der Waals surface area contributed by atoms with Crippen molar-refractivity contribution in [1.29, 1.82) is 0 Å². The molecule has 0 radical (unpaired) electrons. The quantitative estimate of drug-likeness (QED) is 0.627. The van der Waals surface area contributed by atoms with Crippen molar-refractivity contribution in [2.75, 3.05) is 18.6 Å². The van der Waals surface area contributed by atoms with Gasteiger partial charge in [0.15, 0.2) is 9.84 Å². The molecule has 0 aromatic heterocycles. The van der Waals surface area contributed by atoms with E-state index in [4.69, 9.17) is 5.11 Å². The fraction of sp³-hybridized carbons (Fsp3) is 0.455.